The lowest BCUT2D eigenvalue weighted by atomic mass is 9.97. The number of benzene rings is 1. The van der Waals surface area contributed by atoms with E-state index in [1.807, 2.05) is 0 Å². The maximum absolute atomic E-state index is 13.4. The van der Waals surface area contributed by atoms with Crippen molar-refractivity contribution in [2.24, 2.45) is 5.92 Å². The molecule has 0 aromatic heterocycles. The van der Waals surface area contributed by atoms with Crippen molar-refractivity contribution in [1.29, 1.82) is 0 Å². The smallest absolute Gasteiger partial charge is 0.207 e. The molecule has 5 heteroatoms. The van der Waals surface area contributed by atoms with Crippen molar-refractivity contribution in [2.75, 3.05) is 0 Å². The van der Waals surface area contributed by atoms with Gasteiger partial charge in [0.25, 0.3) is 0 Å². The van der Waals surface area contributed by atoms with Crippen molar-refractivity contribution in [1.82, 2.24) is 0 Å². The molecule has 0 radical (unpaired) electrons. The van der Waals surface area contributed by atoms with E-state index >= 15 is 0 Å². The van der Waals surface area contributed by atoms with Gasteiger partial charge in [0.1, 0.15) is 11.6 Å². The van der Waals surface area contributed by atoms with Crippen molar-refractivity contribution in [2.45, 2.75) is 37.0 Å². The first kappa shape index (κ1) is 13.7. The van der Waals surface area contributed by atoms with Gasteiger partial charge in [-0.25, -0.2) is 17.6 Å². The van der Waals surface area contributed by atoms with Gasteiger partial charge in [0.05, 0.1) is 0 Å². The second-order valence-electron chi connectivity index (χ2n) is 4.81. The Bertz CT molecular complexity index is 433. The molecule has 2 unspecified atom stereocenters. The number of alkyl halides is 3. The zero-order valence-corrected chi connectivity index (χ0v) is 10.4. The molecule has 0 N–H and O–H groups in total. The number of hydrogen-bond donors (Lipinski definition) is 0. The fourth-order valence-electron chi connectivity index (χ4n) is 2.36. The predicted octanol–water partition coefficient (Wildman–Crippen LogP) is 4.55. The normalized spacial score (nSPS) is 24.2. The van der Waals surface area contributed by atoms with Gasteiger partial charge in [0, 0.05) is 24.3 Å². The first-order chi connectivity index (χ1) is 8.37. The van der Waals surface area contributed by atoms with E-state index in [0.717, 1.165) is 12.1 Å². The van der Waals surface area contributed by atoms with Crippen molar-refractivity contribution in [3.63, 3.8) is 0 Å². The maximum Gasteiger partial charge on any atom is 0.248 e. The molecule has 18 heavy (non-hydrogen) atoms. The summed E-state index contributed by atoms with van der Waals surface area (Å²) in [6.07, 6.45) is 0.0924. The molecule has 2 atom stereocenters. The molecule has 2 rings (SSSR count). The van der Waals surface area contributed by atoms with Gasteiger partial charge < -0.3 is 0 Å². The topological polar surface area (TPSA) is 0 Å². The van der Waals surface area contributed by atoms with E-state index in [-0.39, 0.29) is 30.7 Å². The zero-order chi connectivity index (χ0) is 13.3. The van der Waals surface area contributed by atoms with Crippen molar-refractivity contribution < 1.29 is 17.6 Å². The number of hydrogen-bond acceptors (Lipinski definition) is 0. The Labute approximate surface area is 108 Å². The Hall–Kier alpha value is -0.770. The van der Waals surface area contributed by atoms with Crippen LogP contribution >= 0.6 is 11.6 Å². The van der Waals surface area contributed by atoms with E-state index in [0.29, 0.717) is 6.42 Å². The molecule has 1 aliphatic rings. The van der Waals surface area contributed by atoms with Crippen molar-refractivity contribution in [3.05, 3.63) is 35.4 Å². The predicted molar refractivity (Wildman–Crippen MR) is 62.0 cm³/mol. The Morgan fingerprint density at radius 3 is 2.61 bits per heavy atom. The molecule has 0 bridgehead atoms. The highest BCUT2D eigenvalue weighted by Gasteiger charge is 2.42. The summed E-state index contributed by atoms with van der Waals surface area (Å²) >= 11 is 6.07. The summed E-state index contributed by atoms with van der Waals surface area (Å²) in [5.41, 5.74) is 0.270. The minimum absolute atomic E-state index is 0.147. The highest BCUT2D eigenvalue weighted by molar-refractivity contribution is 6.20. The van der Waals surface area contributed by atoms with Crippen LogP contribution in [0.15, 0.2) is 18.2 Å². The highest BCUT2D eigenvalue weighted by atomic mass is 35.5. The minimum atomic E-state index is -2.65. The fourth-order valence-corrected chi connectivity index (χ4v) is 2.74. The van der Waals surface area contributed by atoms with Crippen molar-refractivity contribution >= 4 is 11.6 Å². The highest BCUT2D eigenvalue weighted by Crippen LogP contribution is 2.42. The summed E-state index contributed by atoms with van der Waals surface area (Å²) in [4.78, 5) is 0. The van der Waals surface area contributed by atoms with E-state index in [1.54, 1.807) is 0 Å². The van der Waals surface area contributed by atoms with Gasteiger partial charge in [0.2, 0.25) is 5.92 Å². The second kappa shape index (κ2) is 5.08. The maximum atomic E-state index is 13.4. The van der Waals surface area contributed by atoms with Crippen LogP contribution in [0.1, 0.15) is 24.8 Å². The largest absolute Gasteiger partial charge is 0.248 e. The standard InChI is InChI=1S/C13H13ClF4/c14-11(9-3-4-13(17,18)7-9)5-8-1-2-10(15)6-12(8)16/h1-2,6,9,11H,3-5,7H2. The molecule has 1 aliphatic carbocycles. The number of halogens is 5. The van der Waals surface area contributed by atoms with Gasteiger partial charge in [-0.05, 0) is 30.4 Å². The Balaban J connectivity index is 2.01. The summed E-state index contributed by atoms with van der Waals surface area (Å²) in [7, 11) is 0. The third-order valence-corrected chi connectivity index (χ3v) is 3.89. The molecule has 0 amide bonds. The Morgan fingerprint density at radius 1 is 1.33 bits per heavy atom. The Morgan fingerprint density at radius 2 is 2.06 bits per heavy atom. The van der Waals surface area contributed by atoms with Gasteiger partial charge >= 0.3 is 0 Å². The summed E-state index contributed by atoms with van der Waals surface area (Å²) in [6.45, 7) is 0. The molecular formula is C13H13ClF4. The third kappa shape index (κ3) is 3.16. The number of rotatable bonds is 3. The first-order valence-corrected chi connectivity index (χ1v) is 6.27. The average molecular weight is 281 g/mol. The van der Waals surface area contributed by atoms with E-state index in [4.69, 9.17) is 11.6 Å². The van der Waals surface area contributed by atoms with Gasteiger partial charge in [-0.15, -0.1) is 11.6 Å². The van der Waals surface area contributed by atoms with Crippen LogP contribution in [0.5, 0.6) is 0 Å². The first-order valence-electron chi connectivity index (χ1n) is 5.83. The molecule has 1 saturated carbocycles. The lowest BCUT2D eigenvalue weighted by Gasteiger charge is -2.17. The van der Waals surface area contributed by atoms with Crippen LogP contribution < -0.4 is 0 Å². The van der Waals surface area contributed by atoms with Crippen LogP contribution in [-0.2, 0) is 6.42 Å². The van der Waals surface area contributed by atoms with Gasteiger partial charge in [-0.1, -0.05) is 6.07 Å². The molecule has 1 aromatic carbocycles. The van der Waals surface area contributed by atoms with Crippen LogP contribution in [0.3, 0.4) is 0 Å². The molecular weight excluding hydrogens is 268 g/mol. The molecule has 0 aliphatic heterocycles. The summed E-state index contributed by atoms with van der Waals surface area (Å²) in [5.74, 6) is -4.30. The molecule has 1 aromatic rings. The molecule has 0 nitrogen and oxygen atoms in total. The van der Waals surface area contributed by atoms with Gasteiger partial charge in [0.15, 0.2) is 0 Å². The SMILES string of the molecule is Fc1ccc(CC(Cl)C2CCC(F)(F)C2)c(F)c1. The van der Waals surface area contributed by atoms with Gasteiger partial charge in [-0.2, -0.15) is 0 Å². The quantitative estimate of drug-likeness (QED) is 0.563. The van der Waals surface area contributed by atoms with E-state index in [2.05, 4.69) is 0 Å². The average Bonchev–Trinajstić information content (AvgIpc) is 2.63. The third-order valence-electron chi connectivity index (χ3n) is 3.38. The summed E-state index contributed by atoms with van der Waals surface area (Å²) in [5, 5.41) is -0.543. The molecule has 100 valence electrons. The van der Waals surface area contributed by atoms with E-state index < -0.39 is 22.9 Å². The second-order valence-corrected chi connectivity index (χ2v) is 5.38. The monoisotopic (exact) mass is 280 g/mol. The van der Waals surface area contributed by atoms with E-state index in [1.165, 1.54) is 6.07 Å². The minimum Gasteiger partial charge on any atom is -0.207 e. The zero-order valence-electron chi connectivity index (χ0n) is 9.61. The molecule has 0 saturated heterocycles. The summed E-state index contributed by atoms with van der Waals surface area (Å²) < 4.78 is 52.2. The van der Waals surface area contributed by atoms with Crippen LogP contribution in [-0.4, -0.2) is 11.3 Å². The summed E-state index contributed by atoms with van der Waals surface area (Å²) in [6, 6.07) is 3.24. The van der Waals surface area contributed by atoms with Crippen molar-refractivity contribution in [3.8, 4) is 0 Å². The lowest BCUT2D eigenvalue weighted by molar-refractivity contribution is 0.00488. The van der Waals surface area contributed by atoms with E-state index in [9.17, 15) is 17.6 Å². The molecule has 0 heterocycles. The Kier molecular flexibility index (Phi) is 3.85. The fraction of sp³-hybridized carbons (Fsp3) is 0.538. The van der Waals surface area contributed by atoms with Crippen LogP contribution in [0.25, 0.3) is 0 Å². The van der Waals surface area contributed by atoms with Crippen LogP contribution in [0.4, 0.5) is 17.6 Å². The molecule has 0 spiro atoms. The van der Waals surface area contributed by atoms with Gasteiger partial charge in [-0.3, -0.25) is 0 Å². The lowest BCUT2D eigenvalue weighted by Crippen LogP contribution is -2.18. The van der Waals surface area contributed by atoms with Crippen LogP contribution in [0.2, 0.25) is 0 Å². The van der Waals surface area contributed by atoms with Crippen LogP contribution in [0, 0.1) is 17.6 Å². The molecule has 1 fully saturated rings.